The first-order valence-electron chi connectivity index (χ1n) is 14.7. The summed E-state index contributed by atoms with van der Waals surface area (Å²) >= 11 is 0. The zero-order valence-corrected chi connectivity index (χ0v) is 23.3. The fourth-order valence-electron chi connectivity index (χ4n) is 7.75. The van der Waals surface area contributed by atoms with Gasteiger partial charge < -0.3 is 20.4 Å². The third-order valence-corrected chi connectivity index (χ3v) is 9.96. The third-order valence-electron chi connectivity index (χ3n) is 9.96. The van der Waals surface area contributed by atoms with Crippen molar-refractivity contribution in [3.05, 3.63) is 41.6 Å². The highest BCUT2D eigenvalue weighted by molar-refractivity contribution is 5.94. The molecular weight excluding hydrogens is 517 g/mol. The molecule has 2 unspecified atom stereocenters. The van der Waals surface area contributed by atoms with Gasteiger partial charge in [0.2, 0.25) is 5.95 Å². The summed E-state index contributed by atoms with van der Waals surface area (Å²) in [6.45, 7) is 1.94. The highest BCUT2D eigenvalue weighted by atomic mass is 19.4. The van der Waals surface area contributed by atoms with Crippen LogP contribution in [0.5, 0.6) is 0 Å². The number of fused-ring (bicyclic) bond motifs is 2. The van der Waals surface area contributed by atoms with E-state index in [2.05, 4.69) is 32.5 Å². The summed E-state index contributed by atoms with van der Waals surface area (Å²) in [6.07, 6.45) is 4.95. The van der Waals surface area contributed by atoms with Crippen molar-refractivity contribution in [2.24, 2.45) is 23.7 Å². The standard InChI is InChI=1S/C30H39F3N6O/c1-38-11-9-24(10-12-38)39(2)28(40)19-3-6-23(7-4-19)35-29-34-17-25(30(31,32)33)27(37-29)36-26-8-5-20-13-18-14-21(20)16-22(26)15-18/h3-4,6-7,17-18,20-22,24,26H,5,8-16H2,1-2H3,(H2,34,35,36,37)/t18-,20-,21?,22+,26?/m0/s1. The van der Waals surface area contributed by atoms with Gasteiger partial charge in [-0.1, -0.05) is 0 Å². The van der Waals surface area contributed by atoms with Crippen LogP contribution in [0.4, 0.5) is 30.6 Å². The minimum atomic E-state index is -4.55. The SMILES string of the molecule is CN1CCC(N(C)C(=O)c2ccc(Nc3ncc(C(F)(F)F)c(NC4CC[C@H]5C[C@H]6CC5C[C@H]4C6)n3)cc2)CC1. The second-order valence-electron chi connectivity index (χ2n) is 12.5. The lowest BCUT2D eigenvalue weighted by atomic mass is 9.77. The highest BCUT2D eigenvalue weighted by Crippen LogP contribution is 2.54. The maximum absolute atomic E-state index is 13.9. The molecule has 0 spiro atoms. The molecule has 1 aromatic heterocycles. The van der Waals surface area contributed by atoms with Crippen LogP contribution in [0.25, 0.3) is 0 Å². The lowest BCUT2D eigenvalue weighted by Crippen LogP contribution is -2.44. The normalized spacial score (nSPS) is 28.8. The number of nitrogens with zero attached hydrogens (tertiary/aromatic N) is 4. The van der Waals surface area contributed by atoms with E-state index < -0.39 is 11.7 Å². The molecule has 10 heteroatoms. The van der Waals surface area contributed by atoms with Crippen LogP contribution in [0, 0.1) is 23.7 Å². The first-order valence-corrected chi connectivity index (χ1v) is 14.7. The van der Waals surface area contributed by atoms with Gasteiger partial charge in [-0.15, -0.1) is 0 Å². The average molecular weight is 557 g/mol. The van der Waals surface area contributed by atoms with E-state index in [1.165, 1.54) is 12.8 Å². The number of halogens is 3. The van der Waals surface area contributed by atoms with Crippen LogP contribution >= 0.6 is 0 Å². The molecule has 3 aliphatic carbocycles. The Bertz CT molecular complexity index is 1210. The molecule has 2 aromatic rings. The summed E-state index contributed by atoms with van der Waals surface area (Å²) in [4.78, 5) is 25.4. The van der Waals surface area contributed by atoms with Crippen molar-refractivity contribution >= 4 is 23.4 Å². The summed E-state index contributed by atoms with van der Waals surface area (Å²) < 4.78 is 41.8. The minimum absolute atomic E-state index is 0.00806. The Morgan fingerprint density at radius 3 is 2.40 bits per heavy atom. The van der Waals surface area contributed by atoms with Gasteiger partial charge in [-0.05, 0) is 119 Å². The molecule has 4 fully saturated rings. The van der Waals surface area contributed by atoms with Gasteiger partial charge in [0.05, 0.1) is 0 Å². The molecule has 7 nitrogen and oxygen atoms in total. The van der Waals surface area contributed by atoms with E-state index in [0.29, 0.717) is 17.2 Å². The number of nitrogens with one attached hydrogen (secondary N) is 2. The van der Waals surface area contributed by atoms with Crippen LogP contribution < -0.4 is 10.6 Å². The maximum atomic E-state index is 13.9. The Morgan fingerprint density at radius 1 is 0.975 bits per heavy atom. The number of alkyl halides is 3. The molecule has 4 aliphatic rings. The summed E-state index contributed by atoms with van der Waals surface area (Å²) in [5.41, 5.74) is 0.339. The number of carbonyl (C=O) groups is 1. The number of rotatable bonds is 6. The zero-order chi connectivity index (χ0) is 28.0. The van der Waals surface area contributed by atoms with E-state index in [-0.39, 0.29) is 29.8 Å². The smallest absolute Gasteiger partial charge is 0.366 e. The molecule has 40 heavy (non-hydrogen) atoms. The quantitative estimate of drug-likeness (QED) is 0.453. The molecule has 3 bridgehead atoms. The molecule has 1 aromatic carbocycles. The minimum Gasteiger partial charge on any atom is -0.366 e. The Labute approximate surface area is 233 Å². The predicted molar refractivity (Wildman–Crippen MR) is 148 cm³/mol. The summed E-state index contributed by atoms with van der Waals surface area (Å²) in [5, 5.41) is 6.26. The number of aromatic nitrogens is 2. The van der Waals surface area contributed by atoms with Crippen LogP contribution in [0.15, 0.2) is 30.5 Å². The predicted octanol–water partition coefficient (Wildman–Crippen LogP) is 6.03. The van der Waals surface area contributed by atoms with Crippen molar-refractivity contribution in [2.45, 2.75) is 69.6 Å². The second-order valence-corrected chi connectivity index (χ2v) is 12.5. The van der Waals surface area contributed by atoms with Gasteiger partial charge in [0.25, 0.3) is 5.91 Å². The molecule has 1 amide bonds. The number of carbonyl (C=O) groups excluding carboxylic acids is 1. The molecule has 0 radical (unpaired) electrons. The molecule has 2 N–H and O–H groups in total. The molecule has 1 aliphatic heterocycles. The molecule has 216 valence electrons. The van der Waals surface area contributed by atoms with Crippen molar-refractivity contribution in [2.75, 3.05) is 37.8 Å². The zero-order valence-electron chi connectivity index (χ0n) is 23.3. The van der Waals surface area contributed by atoms with E-state index in [9.17, 15) is 18.0 Å². The lowest BCUT2D eigenvalue weighted by molar-refractivity contribution is -0.137. The number of hydrogen-bond donors (Lipinski definition) is 2. The second kappa shape index (κ2) is 10.8. The van der Waals surface area contributed by atoms with E-state index >= 15 is 0 Å². The number of likely N-dealkylation sites (tertiary alicyclic amines) is 1. The van der Waals surface area contributed by atoms with Crippen molar-refractivity contribution in [1.82, 2.24) is 19.8 Å². The molecule has 1 saturated heterocycles. The van der Waals surface area contributed by atoms with E-state index in [1.807, 2.05) is 11.9 Å². The summed E-state index contributed by atoms with van der Waals surface area (Å²) in [5.74, 6) is 2.48. The van der Waals surface area contributed by atoms with Crippen LogP contribution in [0.1, 0.15) is 67.3 Å². The average Bonchev–Trinajstić information content (AvgIpc) is 3.16. The van der Waals surface area contributed by atoms with Crippen molar-refractivity contribution < 1.29 is 18.0 Å². The Hall–Kier alpha value is -2.88. The number of benzene rings is 1. The van der Waals surface area contributed by atoms with Gasteiger partial charge in [0.15, 0.2) is 0 Å². The van der Waals surface area contributed by atoms with Crippen molar-refractivity contribution in [3.8, 4) is 0 Å². The Kier molecular flexibility index (Phi) is 7.39. The Morgan fingerprint density at radius 2 is 1.68 bits per heavy atom. The molecule has 3 saturated carbocycles. The third kappa shape index (κ3) is 5.64. The number of piperidine rings is 1. The van der Waals surface area contributed by atoms with Crippen molar-refractivity contribution in [1.29, 1.82) is 0 Å². The van der Waals surface area contributed by atoms with Crippen LogP contribution in [0.3, 0.4) is 0 Å². The van der Waals surface area contributed by atoms with Gasteiger partial charge in [-0.25, -0.2) is 4.98 Å². The molecule has 2 heterocycles. The topological polar surface area (TPSA) is 73.4 Å². The lowest BCUT2D eigenvalue weighted by Gasteiger charge is -2.35. The van der Waals surface area contributed by atoms with Gasteiger partial charge >= 0.3 is 6.18 Å². The largest absolute Gasteiger partial charge is 0.421 e. The van der Waals surface area contributed by atoms with E-state index in [4.69, 9.17) is 0 Å². The fourth-order valence-corrected chi connectivity index (χ4v) is 7.75. The first-order chi connectivity index (χ1) is 19.1. The first kappa shape index (κ1) is 27.3. The number of hydrogen-bond acceptors (Lipinski definition) is 6. The van der Waals surface area contributed by atoms with Gasteiger partial charge in [-0.2, -0.15) is 18.2 Å². The van der Waals surface area contributed by atoms with E-state index in [1.54, 1.807) is 24.3 Å². The summed E-state index contributed by atoms with van der Waals surface area (Å²) in [6, 6.07) is 7.15. The maximum Gasteiger partial charge on any atom is 0.421 e. The highest BCUT2D eigenvalue weighted by Gasteiger charge is 2.46. The molecular formula is C30H39F3N6O. The fraction of sp³-hybridized carbons (Fsp3) is 0.633. The monoisotopic (exact) mass is 556 g/mol. The Balaban J connectivity index is 1.15. The summed E-state index contributed by atoms with van der Waals surface area (Å²) in [7, 11) is 3.94. The molecule has 6 rings (SSSR count). The number of amides is 1. The number of anilines is 3. The van der Waals surface area contributed by atoms with Crippen LogP contribution in [-0.4, -0.2) is 64.9 Å². The molecule has 5 atom stereocenters. The van der Waals surface area contributed by atoms with Crippen molar-refractivity contribution in [3.63, 3.8) is 0 Å². The van der Waals surface area contributed by atoms with Crippen LogP contribution in [-0.2, 0) is 6.18 Å². The van der Waals surface area contributed by atoms with Gasteiger partial charge in [0, 0.05) is 36.6 Å². The van der Waals surface area contributed by atoms with Crippen LogP contribution in [0.2, 0.25) is 0 Å². The van der Waals surface area contributed by atoms with Gasteiger partial charge in [-0.3, -0.25) is 4.79 Å². The van der Waals surface area contributed by atoms with Gasteiger partial charge in [0.1, 0.15) is 11.4 Å². The van der Waals surface area contributed by atoms with E-state index in [0.717, 1.165) is 75.6 Å².